The highest BCUT2D eigenvalue weighted by molar-refractivity contribution is 7.89. The number of carbonyl (C=O) groups is 1. The van der Waals surface area contributed by atoms with Crippen LogP contribution in [0.1, 0.15) is 25.8 Å². The van der Waals surface area contributed by atoms with Gasteiger partial charge in [0.05, 0.1) is 6.04 Å². The summed E-state index contributed by atoms with van der Waals surface area (Å²) in [5.74, 6) is -1.08. The molecule has 25 heavy (non-hydrogen) atoms. The molecule has 0 aliphatic carbocycles. The standard InChI is InChI=1S/C15H19FN4O3S2/c1-9(2)8-13-18-19-15(24-13)17-14(21)10(3)20-25(22,23)12-7-5-4-6-11(12)16/h4-7,9-10,20H,8H2,1-3H3,(H,17,19,21)/t10-/m0/s1. The van der Waals surface area contributed by atoms with E-state index in [-0.39, 0.29) is 5.13 Å². The maximum Gasteiger partial charge on any atom is 0.244 e. The van der Waals surface area contributed by atoms with E-state index in [1.807, 2.05) is 13.8 Å². The minimum atomic E-state index is -4.16. The first kappa shape index (κ1) is 19.4. The van der Waals surface area contributed by atoms with Crippen molar-refractivity contribution in [1.29, 1.82) is 0 Å². The van der Waals surface area contributed by atoms with Gasteiger partial charge in [-0.2, -0.15) is 4.72 Å². The third-order valence-corrected chi connectivity index (χ3v) is 5.57. The molecule has 7 nitrogen and oxygen atoms in total. The Balaban J connectivity index is 2.03. The molecule has 0 aliphatic rings. The average molecular weight is 386 g/mol. The number of aromatic nitrogens is 2. The van der Waals surface area contributed by atoms with E-state index in [2.05, 4.69) is 20.2 Å². The van der Waals surface area contributed by atoms with Gasteiger partial charge in [-0.15, -0.1) is 10.2 Å². The Kier molecular flexibility index (Phi) is 6.20. The summed E-state index contributed by atoms with van der Waals surface area (Å²) in [7, 11) is -4.16. The number of amides is 1. The van der Waals surface area contributed by atoms with Crippen molar-refractivity contribution in [3.05, 3.63) is 35.1 Å². The summed E-state index contributed by atoms with van der Waals surface area (Å²) in [5, 5.41) is 11.4. The molecule has 2 rings (SSSR count). The Bertz CT molecular complexity index is 852. The van der Waals surface area contributed by atoms with Crippen molar-refractivity contribution in [2.45, 2.75) is 38.1 Å². The summed E-state index contributed by atoms with van der Waals surface area (Å²) < 4.78 is 40.2. The highest BCUT2D eigenvalue weighted by Crippen LogP contribution is 2.19. The van der Waals surface area contributed by atoms with Gasteiger partial charge in [-0.1, -0.05) is 37.3 Å². The molecule has 0 unspecified atom stereocenters. The molecule has 0 spiro atoms. The fourth-order valence-corrected chi connectivity index (χ4v) is 4.20. The van der Waals surface area contributed by atoms with Crippen molar-refractivity contribution in [2.24, 2.45) is 5.92 Å². The van der Waals surface area contributed by atoms with Gasteiger partial charge >= 0.3 is 0 Å². The molecule has 0 saturated carbocycles. The smallest absolute Gasteiger partial charge is 0.244 e. The minimum Gasteiger partial charge on any atom is -0.299 e. The first-order chi connectivity index (χ1) is 11.7. The summed E-state index contributed by atoms with van der Waals surface area (Å²) in [6, 6.07) is 3.85. The number of halogens is 1. The quantitative estimate of drug-likeness (QED) is 0.760. The van der Waals surface area contributed by atoms with E-state index in [4.69, 9.17) is 0 Å². The molecule has 0 radical (unpaired) electrons. The minimum absolute atomic E-state index is 0.289. The van der Waals surface area contributed by atoms with E-state index in [1.165, 1.54) is 30.4 Å². The lowest BCUT2D eigenvalue weighted by molar-refractivity contribution is -0.117. The number of carbonyl (C=O) groups excluding carboxylic acids is 1. The zero-order valence-electron chi connectivity index (χ0n) is 14.0. The van der Waals surface area contributed by atoms with Crippen molar-refractivity contribution in [3.63, 3.8) is 0 Å². The van der Waals surface area contributed by atoms with Crippen LogP contribution in [0.3, 0.4) is 0 Å². The van der Waals surface area contributed by atoms with Gasteiger partial charge in [-0.05, 0) is 25.0 Å². The number of nitrogens with one attached hydrogen (secondary N) is 2. The lowest BCUT2D eigenvalue weighted by Gasteiger charge is -2.13. The summed E-state index contributed by atoms with van der Waals surface area (Å²) in [4.78, 5) is 11.6. The van der Waals surface area contributed by atoms with Crippen LogP contribution in [-0.2, 0) is 21.2 Å². The van der Waals surface area contributed by atoms with E-state index >= 15 is 0 Å². The number of hydrogen-bond donors (Lipinski definition) is 2. The van der Waals surface area contributed by atoms with Gasteiger partial charge in [0.25, 0.3) is 0 Å². The number of benzene rings is 1. The maximum absolute atomic E-state index is 13.7. The molecular formula is C15H19FN4O3S2. The number of anilines is 1. The summed E-state index contributed by atoms with van der Waals surface area (Å²) in [6.45, 7) is 5.45. The lowest BCUT2D eigenvalue weighted by Crippen LogP contribution is -2.41. The largest absolute Gasteiger partial charge is 0.299 e. The first-order valence-electron chi connectivity index (χ1n) is 7.59. The Morgan fingerprint density at radius 3 is 2.56 bits per heavy atom. The zero-order valence-corrected chi connectivity index (χ0v) is 15.6. The molecule has 0 saturated heterocycles. The Morgan fingerprint density at radius 2 is 1.92 bits per heavy atom. The predicted molar refractivity (Wildman–Crippen MR) is 93.3 cm³/mol. The molecular weight excluding hydrogens is 367 g/mol. The molecule has 0 aliphatic heterocycles. The second kappa shape index (κ2) is 7.98. The zero-order chi connectivity index (χ0) is 18.6. The van der Waals surface area contributed by atoms with Gasteiger partial charge < -0.3 is 0 Å². The van der Waals surface area contributed by atoms with Crippen molar-refractivity contribution >= 4 is 32.4 Å². The summed E-state index contributed by atoms with van der Waals surface area (Å²) in [5.41, 5.74) is 0. The van der Waals surface area contributed by atoms with Gasteiger partial charge in [0.15, 0.2) is 0 Å². The van der Waals surface area contributed by atoms with Crippen LogP contribution >= 0.6 is 11.3 Å². The van der Waals surface area contributed by atoms with E-state index in [0.717, 1.165) is 23.6 Å². The molecule has 1 aromatic heterocycles. The second-order valence-electron chi connectivity index (χ2n) is 5.86. The maximum atomic E-state index is 13.7. The normalized spacial score (nSPS) is 13.0. The molecule has 1 atom stereocenters. The SMILES string of the molecule is CC(C)Cc1nnc(NC(=O)[C@H](C)NS(=O)(=O)c2ccccc2F)s1. The van der Waals surface area contributed by atoms with Crippen LogP contribution in [0.4, 0.5) is 9.52 Å². The Labute approximate surface area is 149 Å². The fraction of sp³-hybridized carbons (Fsp3) is 0.400. The Morgan fingerprint density at radius 1 is 1.24 bits per heavy atom. The van der Waals surface area contributed by atoms with Crippen LogP contribution < -0.4 is 10.0 Å². The van der Waals surface area contributed by atoms with E-state index in [1.54, 1.807) is 0 Å². The third-order valence-electron chi connectivity index (χ3n) is 3.13. The van der Waals surface area contributed by atoms with Crippen LogP contribution in [0.25, 0.3) is 0 Å². The van der Waals surface area contributed by atoms with Crippen LogP contribution in [0.2, 0.25) is 0 Å². The van der Waals surface area contributed by atoms with Crippen molar-refractivity contribution in [3.8, 4) is 0 Å². The summed E-state index contributed by atoms with van der Waals surface area (Å²) in [6.07, 6.45) is 0.739. The van der Waals surface area contributed by atoms with Crippen LogP contribution in [0.15, 0.2) is 29.2 Å². The second-order valence-corrected chi connectivity index (χ2v) is 8.61. The average Bonchev–Trinajstić information content (AvgIpc) is 2.93. The number of hydrogen-bond acceptors (Lipinski definition) is 6. The van der Waals surface area contributed by atoms with Crippen LogP contribution in [0.5, 0.6) is 0 Å². The molecule has 10 heteroatoms. The van der Waals surface area contributed by atoms with Gasteiger partial charge in [0.2, 0.25) is 21.1 Å². The van der Waals surface area contributed by atoms with Gasteiger partial charge in [0, 0.05) is 6.42 Å². The molecule has 2 N–H and O–H groups in total. The van der Waals surface area contributed by atoms with Crippen LogP contribution in [0, 0.1) is 11.7 Å². The molecule has 0 bridgehead atoms. The van der Waals surface area contributed by atoms with Crippen LogP contribution in [-0.4, -0.2) is 30.6 Å². The van der Waals surface area contributed by atoms with Crippen molar-refractivity contribution in [1.82, 2.24) is 14.9 Å². The molecule has 0 fully saturated rings. The molecule has 1 aromatic carbocycles. The first-order valence-corrected chi connectivity index (χ1v) is 9.89. The molecule has 1 amide bonds. The fourth-order valence-electron chi connectivity index (χ4n) is 1.96. The lowest BCUT2D eigenvalue weighted by atomic mass is 10.1. The van der Waals surface area contributed by atoms with Gasteiger partial charge in [0.1, 0.15) is 15.7 Å². The predicted octanol–water partition coefficient (Wildman–Crippen LogP) is 2.18. The number of sulfonamides is 1. The highest BCUT2D eigenvalue weighted by atomic mass is 32.2. The molecule has 2 aromatic rings. The van der Waals surface area contributed by atoms with E-state index < -0.39 is 32.7 Å². The number of rotatable bonds is 7. The van der Waals surface area contributed by atoms with E-state index in [9.17, 15) is 17.6 Å². The number of nitrogens with zero attached hydrogens (tertiary/aromatic N) is 2. The monoisotopic (exact) mass is 386 g/mol. The Hall–Kier alpha value is -1.91. The third kappa shape index (κ3) is 5.28. The summed E-state index contributed by atoms with van der Waals surface area (Å²) >= 11 is 1.23. The van der Waals surface area contributed by atoms with Crippen molar-refractivity contribution in [2.75, 3.05) is 5.32 Å². The van der Waals surface area contributed by atoms with Gasteiger partial charge in [-0.25, -0.2) is 12.8 Å². The highest BCUT2D eigenvalue weighted by Gasteiger charge is 2.25. The molecule has 1 heterocycles. The van der Waals surface area contributed by atoms with Gasteiger partial charge in [-0.3, -0.25) is 10.1 Å². The van der Waals surface area contributed by atoms with E-state index in [0.29, 0.717) is 5.92 Å². The topological polar surface area (TPSA) is 101 Å². The molecule has 136 valence electrons. The van der Waals surface area contributed by atoms with Crippen molar-refractivity contribution < 1.29 is 17.6 Å².